The Morgan fingerprint density at radius 2 is 1.08 bits per heavy atom. The van der Waals surface area contributed by atoms with Crippen LogP contribution in [0.5, 0.6) is 0 Å². The Bertz CT molecular complexity index is 2800. The van der Waals surface area contributed by atoms with Gasteiger partial charge in [-0.25, -0.2) is 0 Å². The maximum atomic E-state index is 3.88. The van der Waals surface area contributed by atoms with Gasteiger partial charge in [0.05, 0.1) is 0 Å². The van der Waals surface area contributed by atoms with Crippen LogP contribution in [0.3, 0.4) is 0 Å². The molecule has 0 unspecified atom stereocenters. The van der Waals surface area contributed by atoms with Gasteiger partial charge in [0.2, 0.25) is 0 Å². The standard InChI is InChI=1S/C58H51P.Os/c1-8-20-41-30-33-49-51-38-56-52(39-55(51)57(4,5)53(49)35-41)50-34-31-42(36-54(50)58(56,6)7)29-32-44(37-45-22-19-21-43(45)9-2)40(3)59(46-23-13-10-14-24-46,47-25-15-11-16-26-47)48-27-17-12-18-28-48;/h8-18,20,23-28,30-31,33-39H,19,21-22H2,1-2,4-7H3;/q+1;/b20-8+,43-9?,44-40?,45-37?;. The first kappa shape index (κ1) is 40.1. The van der Waals surface area contributed by atoms with E-state index in [9.17, 15) is 0 Å². The molecule has 2 heteroatoms. The zero-order valence-electron chi connectivity index (χ0n) is 35.5. The topological polar surface area (TPSA) is 0 Å². The molecule has 6 aromatic carbocycles. The average molecular weight is 969 g/mol. The summed E-state index contributed by atoms with van der Waals surface area (Å²) in [5, 5.41) is 5.11. The number of benzene rings is 6. The molecule has 0 amide bonds. The predicted octanol–water partition coefficient (Wildman–Crippen LogP) is 13.5. The quantitative estimate of drug-likeness (QED) is 0.115. The van der Waals surface area contributed by atoms with Crippen molar-refractivity contribution in [2.75, 3.05) is 0 Å². The van der Waals surface area contributed by atoms with Gasteiger partial charge in [-0.3, -0.25) is 0 Å². The molecule has 0 N–H and O–H groups in total. The van der Waals surface area contributed by atoms with Crippen LogP contribution in [0.15, 0.2) is 180 Å². The van der Waals surface area contributed by atoms with Crippen molar-refractivity contribution in [3.8, 4) is 38.5 Å². The average Bonchev–Trinajstić information content (AvgIpc) is 3.89. The summed E-state index contributed by atoms with van der Waals surface area (Å²) >= 11 is 1.83. The molecule has 0 radical (unpaired) electrons. The van der Waals surface area contributed by atoms with Crippen molar-refractivity contribution in [1.29, 1.82) is 0 Å². The number of rotatable bonds is 6. The summed E-state index contributed by atoms with van der Waals surface area (Å²) in [6, 6.07) is 52.3. The molecular formula is C58H51OsP+. The van der Waals surface area contributed by atoms with Gasteiger partial charge in [-0.1, -0.05) is 44.2 Å². The third kappa shape index (κ3) is 6.54. The van der Waals surface area contributed by atoms with E-state index < -0.39 is 7.26 Å². The first-order valence-corrected chi connectivity index (χ1v) is 24.3. The zero-order valence-corrected chi connectivity index (χ0v) is 38.9. The summed E-state index contributed by atoms with van der Waals surface area (Å²) in [7, 11) is -2.44. The van der Waals surface area contributed by atoms with Gasteiger partial charge in [-0.15, -0.1) is 0 Å². The van der Waals surface area contributed by atoms with E-state index in [4.69, 9.17) is 0 Å². The molecule has 9 rings (SSSR count). The second-order valence-electron chi connectivity index (χ2n) is 17.4. The third-order valence-corrected chi connectivity index (χ3v) is 18.7. The summed E-state index contributed by atoms with van der Waals surface area (Å²) < 4.78 is 3.88. The van der Waals surface area contributed by atoms with Crippen LogP contribution >= 0.6 is 7.26 Å². The Morgan fingerprint density at radius 1 is 0.583 bits per heavy atom. The molecular weight excluding hydrogens is 918 g/mol. The van der Waals surface area contributed by atoms with Crippen molar-refractivity contribution in [2.24, 2.45) is 0 Å². The molecule has 0 nitrogen and oxygen atoms in total. The van der Waals surface area contributed by atoms with E-state index in [0.717, 1.165) is 24.0 Å². The number of hydrogen-bond donors (Lipinski definition) is 0. The molecule has 0 aromatic heterocycles. The van der Waals surface area contributed by atoms with Gasteiger partial charge in [0.25, 0.3) is 0 Å². The Balaban J connectivity index is 1.23. The summed E-state index contributed by atoms with van der Waals surface area (Å²) in [6.07, 6.45) is 12.4. The van der Waals surface area contributed by atoms with Crippen LogP contribution in [0.4, 0.5) is 0 Å². The van der Waals surface area contributed by atoms with E-state index in [1.54, 1.807) is 0 Å². The number of allylic oxidation sites excluding steroid dienone is 7. The molecule has 0 saturated heterocycles. The predicted molar refractivity (Wildman–Crippen MR) is 255 cm³/mol. The van der Waals surface area contributed by atoms with Crippen LogP contribution in [0, 0.1) is 16.2 Å². The molecule has 1 saturated carbocycles. The van der Waals surface area contributed by atoms with Crippen molar-refractivity contribution < 1.29 is 17.9 Å². The van der Waals surface area contributed by atoms with Crippen molar-refractivity contribution in [3.63, 3.8) is 0 Å². The van der Waals surface area contributed by atoms with E-state index in [2.05, 4.69) is 222 Å². The summed E-state index contributed by atoms with van der Waals surface area (Å²) in [4.78, 5) is 0. The molecule has 0 heterocycles. The Hall–Kier alpha value is -5.31. The molecule has 295 valence electrons. The van der Waals surface area contributed by atoms with Crippen LogP contribution in [-0.2, 0) is 28.8 Å². The SMILES string of the molecule is CC=C1CCCC1=CC(C#Cc1ccc2c(c1)C(C)(C)c1cc3c(cc1-2)C(C)(C)c1cc(/C=C/C)ccc1-3)=C([C]#[Os])[P+](c1ccccc1)(c1ccccc1)c1ccccc1. The van der Waals surface area contributed by atoms with Crippen LogP contribution in [-0.4, -0.2) is 0 Å². The molecule has 1 fully saturated rings. The van der Waals surface area contributed by atoms with Crippen LogP contribution in [0.1, 0.15) is 94.2 Å². The van der Waals surface area contributed by atoms with Crippen LogP contribution < -0.4 is 15.9 Å². The molecule has 3 aliphatic rings. The number of fused-ring (bicyclic) bond motifs is 6. The second kappa shape index (κ2) is 15.9. The Kier molecular flexibility index (Phi) is 10.7. The molecule has 0 spiro atoms. The van der Waals surface area contributed by atoms with E-state index in [1.807, 2.05) is 17.9 Å². The first-order valence-electron chi connectivity index (χ1n) is 21.3. The van der Waals surface area contributed by atoms with Gasteiger partial charge in [-0.05, 0) is 23.6 Å². The van der Waals surface area contributed by atoms with E-state index in [1.165, 1.54) is 88.9 Å². The Labute approximate surface area is 368 Å². The van der Waals surface area contributed by atoms with Crippen molar-refractivity contribution >= 4 is 29.3 Å². The zero-order chi connectivity index (χ0) is 41.6. The van der Waals surface area contributed by atoms with Gasteiger partial charge >= 0.3 is 297 Å². The van der Waals surface area contributed by atoms with Crippen LogP contribution in [0.25, 0.3) is 28.3 Å². The van der Waals surface area contributed by atoms with Gasteiger partial charge in [0, 0.05) is 5.41 Å². The van der Waals surface area contributed by atoms with Gasteiger partial charge < -0.3 is 0 Å². The van der Waals surface area contributed by atoms with Gasteiger partial charge in [-0.2, -0.15) is 0 Å². The first-order chi connectivity index (χ1) is 29.1. The normalized spacial score (nSPS) is 17.4. The minimum atomic E-state index is -2.44. The van der Waals surface area contributed by atoms with Crippen molar-refractivity contribution in [2.45, 2.75) is 71.6 Å². The second-order valence-corrected chi connectivity index (χ2v) is 21.3. The maximum absolute atomic E-state index is 3.88. The van der Waals surface area contributed by atoms with Crippen molar-refractivity contribution in [3.05, 3.63) is 213 Å². The monoisotopic (exact) mass is 970 g/mol. The Morgan fingerprint density at radius 3 is 1.60 bits per heavy atom. The molecule has 60 heavy (non-hydrogen) atoms. The molecule has 6 aromatic rings. The summed E-state index contributed by atoms with van der Waals surface area (Å²) in [6.45, 7) is 13.8. The van der Waals surface area contributed by atoms with E-state index in [0.29, 0.717) is 0 Å². The molecule has 0 aliphatic heterocycles. The van der Waals surface area contributed by atoms with Crippen LogP contribution in [0.2, 0.25) is 0 Å². The third-order valence-electron chi connectivity index (χ3n) is 13.3. The fourth-order valence-electron chi connectivity index (χ4n) is 10.2. The molecule has 0 atom stereocenters. The summed E-state index contributed by atoms with van der Waals surface area (Å²) in [5.41, 5.74) is 16.9. The minimum absolute atomic E-state index is 0.0816. The fraction of sp³-hybridized carbons (Fsp3) is 0.190. The fourth-order valence-corrected chi connectivity index (χ4v) is 15.9. The van der Waals surface area contributed by atoms with Crippen molar-refractivity contribution in [1.82, 2.24) is 0 Å². The van der Waals surface area contributed by atoms with E-state index in [-0.39, 0.29) is 10.8 Å². The summed E-state index contributed by atoms with van der Waals surface area (Å²) in [5.74, 6) is 7.65. The van der Waals surface area contributed by atoms with Gasteiger partial charge in [0.1, 0.15) is 0 Å². The van der Waals surface area contributed by atoms with Gasteiger partial charge in [0.15, 0.2) is 0 Å². The molecule has 3 aliphatic carbocycles. The van der Waals surface area contributed by atoms with E-state index >= 15 is 0 Å². The number of hydrogen-bond acceptors (Lipinski definition) is 0. The molecule has 0 bridgehead atoms.